The van der Waals surface area contributed by atoms with Crippen LogP contribution in [0.4, 0.5) is 11.4 Å². The monoisotopic (exact) mass is 466 g/mol. The maximum absolute atomic E-state index is 12.9. The molecule has 4 rings (SSSR count). The molecule has 3 amide bonds. The van der Waals surface area contributed by atoms with Crippen molar-refractivity contribution >= 4 is 52.3 Å². The zero-order valence-corrected chi connectivity index (χ0v) is 19.1. The zero-order chi connectivity index (χ0) is 23.0. The molecule has 0 bridgehead atoms. The summed E-state index contributed by atoms with van der Waals surface area (Å²) in [5.74, 6) is -1.22. The molecule has 0 fully saturated rings. The van der Waals surface area contributed by atoms with E-state index in [4.69, 9.17) is 23.2 Å². The Hall–Kier alpha value is -3.15. The number of nitrogens with zero attached hydrogens (tertiary/aromatic N) is 1. The van der Waals surface area contributed by atoms with Crippen molar-refractivity contribution in [2.45, 2.75) is 26.7 Å². The fourth-order valence-corrected chi connectivity index (χ4v) is 4.15. The molecular weight excluding hydrogens is 447 g/mol. The Labute approximate surface area is 195 Å². The molecule has 0 saturated heterocycles. The lowest BCUT2D eigenvalue weighted by Gasteiger charge is -2.16. The van der Waals surface area contributed by atoms with Gasteiger partial charge in [0.1, 0.15) is 0 Å². The van der Waals surface area contributed by atoms with Crippen molar-refractivity contribution in [2.75, 3.05) is 10.2 Å². The zero-order valence-electron chi connectivity index (χ0n) is 17.5. The third-order valence-corrected chi connectivity index (χ3v) is 6.27. The summed E-state index contributed by atoms with van der Waals surface area (Å²) in [6, 6.07) is 15.1. The largest absolute Gasteiger partial charge is 0.321 e. The second-order valence-electron chi connectivity index (χ2n) is 7.42. The number of carbonyl (C=O) groups excluding carboxylic acids is 3. The standard InChI is InChI=1S/C25H20Cl2N2O3/c1-3-14-6-5-7-15(4-2)22(14)28-23(30)16-8-10-17(11-9-16)29-24(31)18-12-20(26)21(27)13-19(18)25(29)32/h5-13H,3-4H2,1-2H3,(H,28,30). The Morgan fingerprint density at radius 3 is 1.81 bits per heavy atom. The van der Waals surface area contributed by atoms with Crippen LogP contribution >= 0.6 is 23.2 Å². The molecule has 32 heavy (non-hydrogen) atoms. The number of hydrogen-bond acceptors (Lipinski definition) is 3. The Bertz CT molecular complexity index is 1190. The number of imide groups is 1. The van der Waals surface area contributed by atoms with E-state index in [2.05, 4.69) is 5.32 Å². The molecule has 0 aromatic heterocycles. The van der Waals surface area contributed by atoms with E-state index in [-0.39, 0.29) is 27.1 Å². The highest BCUT2D eigenvalue weighted by molar-refractivity contribution is 6.44. The van der Waals surface area contributed by atoms with E-state index in [1.807, 2.05) is 32.0 Å². The SMILES string of the molecule is CCc1cccc(CC)c1NC(=O)c1ccc(N2C(=O)c3cc(Cl)c(Cl)cc3C2=O)cc1. The molecule has 162 valence electrons. The third kappa shape index (κ3) is 3.78. The minimum absolute atomic E-state index is 0.203. The molecule has 5 nitrogen and oxygen atoms in total. The first kappa shape index (κ1) is 22.1. The molecule has 0 atom stereocenters. The molecular formula is C25H20Cl2N2O3. The van der Waals surface area contributed by atoms with Crippen molar-refractivity contribution in [2.24, 2.45) is 0 Å². The molecule has 0 spiro atoms. The highest BCUT2D eigenvalue weighted by atomic mass is 35.5. The van der Waals surface area contributed by atoms with Crippen molar-refractivity contribution in [1.29, 1.82) is 0 Å². The van der Waals surface area contributed by atoms with Crippen molar-refractivity contribution in [3.8, 4) is 0 Å². The Morgan fingerprint density at radius 2 is 1.34 bits per heavy atom. The smallest absolute Gasteiger partial charge is 0.266 e. The van der Waals surface area contributed by atoms with Gasteiger partial charge in [0.25, 0.3) is 17.7 Å². The predicted molar refractivity (Wildman–Crippen MR) is 127 cm³/mol. The lowest BCUT2D eigenvalue weighted by molar-refractivity contribution is 0.0925. The number of carbonyl (C=O) groups is 3. The van der Waals surface area contributed by atoms with E-state index in [0.717, 1.165) is 34.6 Å². The molecule has 0 aliphatic carbocycles. The van der Waals surface area contributed by atoms with Crippen molar-refractivity contribution in [3.63, 3.8) is 0 Å². The second-order valence-corrected chi connectivity index (χ2v) is 8.23. The van der Waals surface area contributed by atoms with Gasteiger partial charge < -0.3 is 5.32 Å². The van der Waals surface area contributed by atoms with Crippen LogP contribution in [0.1, 0.15) is 56.0 Å². The summed E-state index contributed by atoms with van der Waals surface area (Å²) in [6.07, 6.45) is 1.60. The number of para-hydroxylation sites is 1. The van der Waals surface area contributed by atoms with Gasteiger partial charge in [-0.05, 0) is 60.4 Å². The first-order valence-electron chi connectivity index (χ1n) is 10.3. The van der Waals surface area contributed by atoms with Gasteiger partial charge in [-0.25, -0.2) is 4.90 Å². The average molecular weight is 467 g/mol. The molecule has 3 aromatic rings. The van der Waals surface area contributed by atoms with Gasteiger partial charge in [-0.1, -0.05) is 55.2 Å². The van der Waals surface area contributed by atoms with Gasteiger partial charge in [0.2, 0.25) is 0 Å². The maximum atomic E-state index is 12.9. The van der Waals surface area contributed by atoms with Crippen molar-refractivity contribution < 1.29 is 14.4 Å². The number of amides is 3. The van der Waals surface area contributed by atoms with Crippen LogP contribution in [0.3, 0.4) is 0 Å². The van der Waals surface area contributed by atoms with E-state index in [1.165, 1.54) is 12.1 Å². The summed E-state index contributed by atoms with van der Waals surface area (Å²) in [6.45, 7) is 4.09. The number of rotatable bonds is 5. The molecule has 0 saturated carbocycles. The van der Waals surface area contributed by atoms with E-state index in [9.17, 15) is 14.4 Å². The van der Waals surface area contributed by atoms with Gasteiger partial charge in [-0.2, -0.15) is 0 Å². The van der Waals surface area contributed by atoms with Crippen molar-refractivity contribution in [3.05, 3.63) is 92.5 Å². The van der Waals surface area contributed by atoms with Gasteiger partial charge in [0.05, 0.1) is 26.9 Å². The van der Waals surface area contributed by atoms with Crippen LogP contribution in [0.5, 0.6) is 0 Å². The second kappa shape index (κ2) is 8.77. The Balaban J connectivity index is 1.59. The fraction of sp³-hybridized carbons (Fsp3) is 0.160. The maximum Gasteiger partial charge on any atom is 0.266 e. The summed E-state index contributed by atoms with van der Waals surface area (Å²) >= 11 is 12.0. The average Bonchev–Trinajstić information content (AvgIpc) is 3.03. The molecule has 3 aromatic carbocycles. The normalized spacial score (nSPS) is 12.8. The highest BCUT2D eigenvalue weighted by Crippen LogP contribution is 2.34. The molecule has 1 aliphatic heterocycles. The lowest BCUT2D eigenvalue weighted by Crippen LogP contribution is -2.29. The molecule has 0 unspecified atom stereocenters. The summed E-state index contributed by atoms with van der Waals surface area (Å²) in [5.41, 5.74) is 4.16. The number of benzene rings is 3. The number of aryl methyl sites for hydroxylation is 2. The highest BCUT2D eigenvalue weighted by Gasteiger charge is 2.37. The summed E-state index contributed by atoms with van der Waals surface area (Å²) < 4.78 is 0. The minimum Gasteiger partial charge on any atom is -0.321 e. The number of fused-ring (bicyclic) bond motifs is 1. The molecule has 1 aliphatic rings. The molecule has 0 radical (unpaired) electrons. The van der Waals surface area contributed by atoms with Crippen LogP contribution in [0.15, 0.2) is 54.6 Å². The summed E-state index contributed by atoms with van der Waals surface area (Å²) in [5, 5.41) is 3.43. The first-order chi connectivity index (χ1) is 15.3. The van der Waals surface area contributed by atoms with Crippen molar-refractivity contribution in [1.82, 2.24) is 0 Å². The first-order valence-corrected chi connectivity index (χ1v) is 11.0. The minimum atomic E-state index is -0.481. The molecule has 1 N–H and O–H groups in total. The predicted octanol–water partition coefficient (Wildman–Crippen LogP) is 6.17. The van der Waals surface area contributed by atoms with E-state index >= 15 is 0 Å². The van der Waals surface area contributed by atoms with Gasteiger partial charge in [-0.15, -0.1) is 0 Å². The Kier molecular flexibility index (Phi) is 6.04. The number of halogens is 2. The number of hydrogen-bond donors (Lipinski definition) is 1. The van der Waals surface area contributed by atoms with Gasteiger partial charge >= 0.3 is 0 Å². The number of nitrogens with one attached hydrogen (secondary N) is 1. The van der Waals surface area contributed by atoms with Crippen LogP contribution < -0.4 is 10.2 Å². The molecule has 7 heteroatoms. The lowest BCUT2D eigenvalue weighted by atomic mass is 10.0. The van der Waals surface area contributed by atoms with Gasteiger partial charge in [0, 0.05) is 11.3 Å². The van der Waals surface area contributed by atoms with Crippen LogP contribution in [-0.4, -0.2) is 17.7 Å². The summed E-state index contributed by atoms with van der Waals surface area (Å²) in [4.78, 5) is 39.5. The van der Waals surface area contributed by atoms with E-state index < -0.39 is 11.8 Å². The fourth-order valence-electron chi connectivity index (χ4n) is 3.82. The van der Waals surface area contributed by atoms with Crippen LogP contribution in [0.25, 0.3) is 0 Å². The molecule has 1 heterocycles. The quantitative estimate of drug-likeness (QED) is 0.457. The third-order valence-electron chi connectivity index (χ3n) is 5.55. The topological polar surface area (TPSA) is 66.5 Å². The van der Waals surface area contributed by atoms with Gasteiger partial charge in [0.15, 0.2) is 0 Å². The van der Waals surface area contributed by atoms with E-state index in [1.54, 1.807) is 24.3 Å². The summed E-state index contributed by atoms with van der Waals surface area (Å²) in [7, 11) is 0. The number of anilines is 2. The Morgan fingerprint density at radius 1 is 0.844 bits per heavy atom. The van der Waals surface area contributed by atoms with Crippen LogP contribution in [0, 0.1) is 0 Å². The van der Waals surface area contributed by atoms with Gasteiger partial charge in [-0.3, -0.25) is 14.4 Å². The van der Waals surface area contributed by atoms with Crippen LogP contribution in [0.2, 0.25) is 10.0 Å². The van der Waals surface area contributed by atoms with E-state index in [0.29, 0.717) is 11.3 Å². The van der Waals surface area contributed by atoms with Crippen LogP contribution in [-0.2, 0) is 12.8 Å².